The third-order valence-corrected chi connectivity index (χ3v) is 4.59. The maximum atomic E-state index is 13.2. The lowest BCUT2D eigenvalue weighted by molar-refractivity contribution is -0.141. The average molecular weight is 383 g/mol. The van der Waals surface area contributed by atoms with Crippen molar-refractivity contribution in [2.24, 2.45) is 5.13 Å². The number of aryl methyl sites for hydroxylation is 1. The van der Waals surface area contributed by atoms with E-state index in [2.05, 4.69) is 5.10 Å². The number of hydrogen-bond acceptors (Lipinski definition) is 3. The number of sulfonamides is 1. The molecule has 0 aliphatic heterocycles. The first-order chi connectivity index (χ1) is 13.0. The summed E-state index contributed by atoms with van der Waals surface area (Å²) in [6.45, 7) is 1.85. The summed E-state index contributed by atoms with van der Waals surface area (Å²) < 4.78 is 78.1. The molecule has 0 radical (unpaired) electrons. The van der Waals surface area contributed by atoms with Gasteiger partial charge in [-0.25, -0.2) is 18.2 Å². The second kappa shape index (κ2) is 6.26. The van der Waals surface area contributed by atoms with Gasteiger partial charge in [0.2, 0.25) is 10.0 Å². The number of nitrogens with zero attached hydrogens (tertiary/aromatic N) is 2. The molecular formula is C17H14F3N3O2S. The summed E-state index contributed by atoms with van der Waals surface area (Å²) in [5.41, 5.74) is 0.755. The first-order valence-corrected chi connectivity index (χ1v) is 8.82. The average Bonchev–Trinajstić information content (AvgIpc) is 3.08. The van der Waals surface area contributed by atoms with E-state index in [0.29, 0.717) is 5.56 Å². The zero-order valence-corrected chi connectivity index (χ0v) is 14.2. The molecule has 0 aliphatic rings. The van der Waals surface area contributed by atoms with Crippen LogP contribution in [0.4, 0.5) is 13.2 Å². The lowest BCUT2D eigenvalue weighted by atomic mass is 10.1. The van der Waals surface area contributed by atoms with Gasteiger partial charge in [0, 0.05) is 5.56 Å². The number of rotatable bonds is 4. The summed E-state index contributed by atoms with van der Waals surface area (Å²) in [7, 11) is -4.30. The fraction of sp³-hybridized carbons (Fsp3) is 0.118. The summed E-state index contributed by atoms with van der Waals surface area (Å²) >= 11 is 0. The summed E-state index contributed by atoms with van der Waals surface area (Å²) in [4.78, 5) is -0.332. The molecule has 1 aromatic heterocycles. The molecule has 3 rings (SSSR count). The molecule has 0 fully saturated rings. The molecule has 2 aromatic carbocycles. The number of benzene rings is 2. The van der Waals surface area contributed by atoms with Crippen molar-refractivity contribution in [1.82, 2.24) is 9.78 Å². The molecule has 26 heavy (non-hydrogen) atoms. The van der Waals surface area contributed by atoms with E-state index in [1.807, 2.05) is 6.92 Å². The normalized spacial score (nSPS) is 13.6. The second-order valence-corrected chi connectivity index (χ2v) is 7.08. The lowest BCUT2D eigenvalue weighted by Gasteiger charge is -2.09. The minimum atomic E-state index is -4.65. The highest BCUT2D eigenvalue weighted by Gasteiger charge is 2.35. The highest BCUT2D eigenvalue weighted by atomic mass is 32.2. The quantitative estimate of drug-likeness (QED) is 0.749. The van der Waals surface area contributed by atoms with Crippen LogP contribution in [0.2, 0.25) is 2.82 Å². The Labute approximate surface area is 150 Å². The second-order valence-electron chi connectivity index (χ2n) is 5.66. The van der Waals surface area contributed by atoms with Crippen LogP contribution in [0, 0.1) is 6.92 Å². The van der Waals surface area contributed by atoms with Crippen LogP contribution in [-0.4, -0.2) is 18.2 Å². The van der Waals surface area contributed by atoms with Crippen molar-refractivity contribution in [3.63, 3.8) is 0 Å². The molecule has 0 spiro atoms. The van der Waals surface area contributed by atoms with E-state index in [-0.39, 0.29) is 16.3 Å². The lowest BCUT2D eigenvalue weighted by Crippen LogP contribution is -2.12. The highest BCUT2D eigenvalue weighted by molar-refractivity contribution is 7.89. The molecule has 0 amide bonds. The molecule has 0 saturated carbocycles. The van der Waals surface area contributed by atoms with E-state index < -0.39 is 27.0 Å². The molecule has 0 bridgehead atoms. The number of primary sulfonamides is 1. The Morgan fingerprint density at radius 1 is 1.08 bits per heavy atom. The van der Waals surface area contributed by atoms with Crippen molar-refractivity contribution in [3.8, 4) is 16.9 Å². The highest BCUT2D eigenvalue weighted by Crippen LogP contribution is 2.33. The van der Waals surface area contributed by atoms with Crippen molar-refractivity contribution in [1.29, 1.82) is 0 Å². The summed E-state index contributed by atoms with van der Waals surface area (Å²) in [6.07, 6.45) is -4.65. The Morgan fingerprint density at radius 2 is 1.69 bits per heavy atom. The monoisotopic (exact) mass is 383 g/mol. The summed E-state index contributed by atoms with van der Waals surface area (Å²) in [5, 5.41) is 3.20. The van der Waals surface area contributed by atoms with Crippen molar-refractivity contribution in [2.45, 2.75) is 18.0 Å². The predicted octanol–water partition coefficient (Wildman–Crippen LogP) is 3.51. The van der Waals surface area contributed by atoms with Crippen LogP contribution in [0.25, 0.3) is 16.9 Å². The number of halogens is 3. The summed E-state index contributed by atoms with van der Waals surface area (Å²) in [6, 6.07) is 12.5. The molecule has 136 valence electrons. The topological polar surface area (TPSA) is 78.0 Å². The van der Waals surface area contributed by atoms with Gasteiger partial charge in [-0.3, -0.25) is 0 Å². The van der Waals surface area contributed by atoms with Crippen molar-refractivity contribution < 1.29 is 24.4 Å². The fourth-order valence-corrected chi connectivity index (χ4v) is 2.89. The molecule has 0 atom stereocenters. The number of hydrogen-bond donors (Lipinski definition) is 1. The van der Waals surface area contributed by atoms with Gasteiger partial charge in [0.15, 0.2) is 5.69 Å². The first-order valence-electron chi connectivity index (χ1n) is 8.27. The van der Waals surface area contributed by atoms with Crippen molar-refractivity contribution in [2.75, 3.05) is 0 Å². The van der Waals surface area contributed by atoms with Crippen LogP contribution in [0.1, 0.15) is 11.3 Å². The van der Waals surface area contributed by atoms with E-state index in [0.717, 1.165) is 28.4 Å². The summed E-state index contributed by atoms with van der Waals surface area (Å²) in [5.74, 6) is 0. The molecule has 0 aliphatic carbocycles. The molecule has 0 unspecified atom stereocenters. The smallest absolute Gasteiger partial charge is 0.233 e. The van der Waals surface area contributed by atoms with Gasteiger partial charge in [0.25, 0.3) is 0 Å². The van der Waals surface area contributed by atoms with E-state index in [1.54, 1.807) is 24.3 Å². The third-order valence-electron chi connectivity index (χ3n) is 3.73. The molecule has 0 saturated heterocycles. The van der Waals surface area contributed by atoms with Gasteiger partial charge in [0.1, 0.15) is 2.82 Å². The van der Waals surface area contributed by atoms with Gasteiger partial charge in [-0.2, -0.15) is 18.3 Å². The van der Waals surface area contributed by atoms with Crippen LogP contribution in [0.15, 0.2) is 59.5 Å². The molecule has 3 aromatic rings. The maximum absolute atomic E-state index is 13.2. The number of alkyl halides is 3. The Hall–Kier alpha value is -2.65. The maximum Gasteiger partial charge on any atom is 0.435 e. The van der Waals surface area contributed by atoms with Gasteiger partial charge >= 0.3 is 6.18 Å². The van der Waals surface area contributed by atoms with Crippen molar-refractivity contribution >= 4 is 10.0 Å². The molecular weight excluding hydrogens is 367 g/mol. The van der Waals surface area contributed by atoms with E-state index in [9.17, 15) is 21.6 Å². The Kier molecular flexibility index (Phi) is 3.75. The number of aromatic nitrogens is 2. The molecule has 9 heteroatoms. The minimum absolute atomic E-state index is 0.186. The van der Waals surface area contributed by atoms with Crippen LogP contribution >= 0.6 is 0 Å². The fourth-order valence-electron chi connectivity index (χ4n) is 2.41. The zero-order valence-electron chi connectivity index (χ0n) is 15.4. The molecule has 5 nitrogen and oxygen atoms in total. The Bertz CT molecular complexity index is 1090. The number of nitrogens with two attached hydrogens (primary N) is 1. The van der Waals surface area contributed by atoms with Crippen LogP contribution in [0.3, 0.4) is 0 Å². The van der Waals surface area contributed by atoms with Gasteiger partial charge < -0.3 is 0 Å². The van der Waals surface area contributed by atoms with Gasteiger partial charge in [-0.15, -0.1) is 0 Å². The van der Waals surface area contributed by atoms with Crippen LogP contribution in [-0.2, 0) is 16.2 Å². The Morgan fingerprint density at radius 3 is 2.23 bits per heavy atom. The molecule has 1 heterocycles. The van der Waals surface area contributed by atoms with Crippen LogP contribution in [0.5, 0.6) is 0 Å². The predicted molar refractivity (Wildman–Crippen MR) is 90.1 cm³/mol. The van der Waals surface area contributed by atoms with E-state index in [1.165, 1.54) is 12.1 Å². The standard InChI is InChI=1S/C17H14F3N3O2S/c1-11-2-4-12(5-3-11)15-10-16(17(18,19)20)22-23(15)13-6-8-14(9-7-13)26(21,24)25/h2-10H,1H3,(H2,21,24,25)/i/hD2. The largest absolute Gasteiger partial charge is 0.435 e. The first kappa shape index (κ1) is 15.6. The zero-order chi connectivity index (χ0) is 20.7. The Balaban J connectivity index is 2.13. The molecule has 2 N–H and O–H groups in total. The minimum Gasteiger partial charge on any atom is -0.233 e. The van der Waals surface area contributed by atoms with E-state index >= 15 is 0 Å². The van der Waals surface area contributed by atoms with Gasteiger partial charge in [-0.05, 0) is 37.3 Å². The van der Waals surface area contributed by atoms with Gasteiger partial charge in [0.05, 0.1) is 16.3 Å². The third kappa shape index (κ3) is 3.63. The van der Waals surface area contributed by atoms with Crippen molar-refractivity contribution in [3.05, 3.63) is 65.9 Å². The van der Waals surface area contributed by atoms with Crippen LogP contribution < -0.4 is 5.13 Å². The SMILES string of the molecule is [2H]N([2H])S(=O)(=O)c1ccc(-n2nc(C(F)(F)F)cc2-c2ccc(C)cc2)cc1. The van der Waals surface area contributed by atoms with E-state index in [4.69, 9.17) is 2.82 Å². The van der Waals surface area contributed by atoms with Gasteiger partial charge in [-0.1, -0.05) is 29.8 Å².